The van der Waals surface area contributed by atoms with Crippen LogP contribution in [-0.4, -0.2) is 33.6 Å². The second-order valence-corrected chi connectivity index (χ2v) is 7.53. The van der Waals surface area contributed by atoms with Crippen molar-refractivity contribution in [2.24, 2.45) is 0 Å². The Hall–Kier alpha value is -3.35. The van der Waals surface area contributed by atoms with Crippen LogP contribution in [0.25, 0.3) is 5.65 Å². The van der Waals surface area contributed by atoms with E-state index in [-0.39, 0.29) is 17.2 Å². The van der Waals surface area contributed by atoms with E-state index in [2.05, 4.69) is 10.2 Å². The Labute approximate surface area is 168 Å². The van der Waals surface area contributed by atoms with E-state index in [1.54, 1.807) is 40.9 Å². The first-order valence-electron chi connectivity index (χ1n) is 9.82. The number of carboxylic acids is 1. The SMILES string of the molecule is Cc1cc([C@@H](C)Nc2ccccc2C(=O)O)c2nc(N3CCCC3)cc(=O)n2c1. The minimum Gasteiger partial charge on any atom is -0.478 e. The smallest absolute Gasteiger partial charge is 0.337 e. The lowest BCUT2D eigenvalue weighted by Crippen LogP contribution is -2.25. The zero-order valence-electron chi connectivity index (χ0n) is 16.6. The summed E-state index contributed by atoms with van der Waals surface area (Å²) in [6, 6.07) is 10.2. The molecule has 0 saturated carbocycles. The molecule has 0 bridgehead atoms. The molecule has 150 valence electrons. The van der Waals surface area contributed by atoms with E-state index in [1.807, 2.05) is 19.9 Å². The molecule has 0 spiro atoms. The summed E-state index contributed by atoms with van der Waals surface area (Å²) in [5.74, 6) is -0.282. The highest BCUT2D eigenvalue weighted by Gasteiger charge is 2.19. The van der Waals surface area contributed by atoms with Gasteiger partial charge in [-0.1, -0.05) is 12.1 Å². The van der Waals surface area contributed by atoms with Crippen LogP contribution in [0, 0.1) is 6.92 Å². The number of aromatic nitrogens is 2. The van der Waals surface area contributed by atoms with Gasteiger partial charge in [0.15, 0.2) is 0 Å². The molecule has 0 amide bonds. The third-order valence-corrected chi connectivity index (χ3v) is 5.34. The lowest BCUT2D eigenvalue weighted by atomic mass is 10.1. The first-order chi connectivity index (χ1) is 13.9. The van der Waals surface area contributed by atoms with Gasteiger partial charge in [0.2, 0.25) is 0 Å². The highest BCUT2D eigenvalue weighted by molar-refractivity contribution is 5.94. The summed E-state index contributed by atoms with van der Waals surface area (Å²) in [7, 11) is 0. The normalized spacial score (nSPS) is 14.9. The fourth-order valence-corrected chi connectivity index (χ4v) is 3.89. The predicted molar refractivity (Wildman–Crippen MR) is 113 cm³/mol. The maximum Gasteiger partial charge on any atom is 0.337 e. The van der Waals surface area contributed by atoms with Crippen molar-refractivity contribution in [2.75, 3.05) is 23.3 Å². The maximum atomic E-state index is 12.8. The summed E-state index contributed by atoms with van der Waals surface area (Å²) >= 11 is 0. The lowest BCUT2D eigenvalue weighted by Gasteiger charge is -2.21. The number of carboxylic acid groups (broad SMARTS) is 1. The molecule has 3 heterocycles. The molecule has 0 aliphatic carbocycles. The van der Waals surface area contributed by atoms with Gasteiger partial charge >= 0.3 is 5.97 Å². The van der Waals surface area contributed by atoms with Crippen molar-refractivity contribution in [3.63, 3.8) is 0 Å². The number of fused-ring (bicyclic) bond motifs is 1. The van der Waals surface area contributed by atoms with Gasteiger partial charge in [-0.25, -0.2) is 9.78 Å². The molecular weight excluding hydrogens is 368 g/mol. The molecule has 7 heteroatoms. The van der Waals surface area contributed by atoms with Gasteiger partial charge in [-0.05, 0) is 50.5 Å². The molecule has 1 atom stereocenters. The van der Waals surface area contributed by atoms with E-state index in [9.17, 15) is 14.7 Å². The van der Waals surface area contributed by atoms with Crippen LogP contribution < -0.4 is 15.8 Å². The van der Waals surface area contributed by atoms with E-state index < -0.39 is 5.97 Å². The Morgan fingerprint density at radius 1 is 1.21 bits per heavy atom. The number of hydrogen-bond donors (Lipinski definition) is 2. The molecule has 1 aliphatic heterocycles. The fourth-order valence-electron chi connectivity index (χ4n) is 3.89. The fraction of sp³-hybridized carbons (Fsp3) is 0.318. The van der Waals surface area contributed by atoms with Crippen molar-refractivity contribution < 1.29 is 9.90 Å². The molecule has 4 rings (SSSR count). The standard InChI is InChI=1S/C22H24N4O3/c1-14-11-17(15(2)23-18-8-4-3-7-16(18)22(28)29)21-24-19(25-9-5-6-10-25)12-20(27)26(21)13-14/h3-4,7-8,11-13,15,23H,5-6,9-10H2,1-2H3,(H,28,29)/t15-/m1/s1. The van der Waals surface area contributed by atoms with Crippen LogP contribution in [0.4, 0.5) is 11.5 Å². The molecule has 7 nitrogen and oxygen atoms in total. The van der Waals surface area contributed by atoms with Crippen molar-refractivity contribution in [2.45, 2.75) is 32.7 Å². The van der Waals surface area contributed by atoms with E-state index in [4.69, 9.17) is 4.98 Å². The van der Waals surface area contributed by atoms with Crippen molar-refractivity contribution in [3.8, 4) is 0 Å². The minimum absolute atomic E-state index is 0.111. The molecule has 0 radical (unpaired) electrons. The Balaban J connectivity index is 1.80. The van der Waals surface area contributed by atoms with E-state index in [0.29, 0.717) is 17.2 Å². The highest BCUT2D eigenvalue weighted by atomic mass is 16.4. The van der Waals surface area contributed by atoms with Crippen molar-refractivity contribution in [3.05, 3.63) is 69.6 Å². The maximum absolute atomic E-state index is 12.8. The first kappa shape index (κ1) is 19.0. The van der Waals surface area contributed by atoms with Gasteiger partial charge in [0.1, 0.15) is 11.5 Å². The van der Waals surface area contributed by atoms with Crippen molar-refractivity contribution in [1.82, 2.24) is 9.38 Å². The third kappa shape index (κ3) is 3.68. The number of nitrogens with one attached hydrogen (secondary N) is 1. The molecule has 3 aromatic rings. The number of benzene rings is 1. The van der Waals surface area contributed by atoms with Crippen LogP contribution in [0.3, 0.4) is 0 Å². The number of aryl methyl sites for hydroxylation is 1. The molecule has 1 saturated heterocycles. The number of hydrogen-bond acceptors (Lipinski definition) is 5. The second-order valence-electron chi connectivity index (χ2n) is 7.53. The molecule has 1 aromatic carbocycles. The number of carbonyl (C=O) groups is 1. The van der Waals surface area contributed by atoms with Gasteiger partial charge in [-0.15, -0.1) is 0 Å². The zero-order valence-corrected chi connectivity index (χ0v) is 16.6. The van der Waals surface area contributed by atoms with Gasteiger partial charge in [-0.3, -0.25) is 9.20 Å². The van der Waals surface area contributed by atoms with Crippen molar-refractivity contribution >= 4 is 23.1 Å². The largest absolute Gasteiger partial charge is 0.478 e. The average molecular weight is 392 g/mol. The monoisotopic (exact) mass is 392 g/mol. The van der Waals surface area contributed by atoms with Crippen LogP contribution in [0.5, 0.6) is 0 Å². The number of aromatic carboxylic acids is 1. The highest BCUT2D eigenvalue weighted by Crippen LogP contribution is 2.26. The van der Waals surface area contributed by atoms with Gasteiger partial charge in [0.05, 0.1) is 11.6 Å². The molecule has 1 fully saturated rings. The second kappa shape index (κ2) is 7.58. The molecule has 0 unspecified atom stereocenters. The first-order valence-corrected chi connectivity index (χ1v) is 9.82. The van der Waals surface area contributed by atoms with E-state index in [1.165, 1.54) is 0 Å². The van der Waals surface area contributed by atoms with Crippen LogP contribution in [0.1, 0.15) is 47.3 Å². The van der Waals surface area contributed by atoms with Gasteiger partial charge in [0, 0.05) is 36.6 Å². The number of pyridine rings is 1. The summed E-state index contributed by atoms with van der Waals surface area (Å²) in [5, 5.41) is 12.7. The lowest BCUT2D eigenvalue weighted by molar-refractivity contribution is 0.0698. The Morgan fingerprint density at radius 2 is 1.93 bits per heavy atom. The van der Waals surface area contributed by atoms with Gasteiger partial charge in [0.25, 0.3) is 5.56 Å². The predicted octanol–water partition coefficient (Wildman–Crippen LogP) is 3.47. The molecule has 1 aliphatic rings. The number of nitrogens with zero attached hydrogens (tertiary/aromatic N) is 3. The molecule has 29 heavy (non-hydrogen) atoms. The zero-order chi connectivity index (χ0) is 20.5. The van der Waals surface area contributed by atoms with Crippen molar-refractivity contribution in [1.29, 1.82) is 0 Å². The summed E-state index contributed by atoms with van der Waals surface area (Å²) in [6.07, 6.45) is 4.00. The Morgan fingerprint density at radius 3 is 2.66 bits per heavy atom. The van der Waals surface area contributed by atoms with E-state index in [0.717, 1.165) is 37.1 Å². The molecular formula is C22H24N4O3. The molecule has 2 aromatic heterocycles. The van der Waals surface area contributed by atoms with Crippen LogP contribution in [-0.2, 0) is 0 Å². The minimum atomic E-state index is -0.986. The number of anilines is 2. The number of rotatable bonds is 5. The molecule has 2 N–H and O–H groups in total. The Bertz CT molecular complexity index is 1130. The van der Waals surface area contributed by atoms with Crippen LogP contribution >= 0.6 is 0 Å². The van der Waals surface area contributed by atoms with Crippen LogP contribution in [0.2, 0.25) is 0 Å². The third-order valence-electron chi connectivity index (χ3n) is 5.34. The van der Waals surface area contributed by atoms with E-state index >= 15 is 0 Å². The summed E-state index contributed by atoms with van der Waals surface area (Å²) < 4.78 is 1.57. The summed E-state index contributed by atoms with van der Waals surface area (Å²) in [4.78, 5) is 31.3. The Kier molecular flexibility index (Phi) is 4.96. The summed E-state index contributed by atoms with van der Waals surface area (Å²) in [6.45, 7) is 5.69. The quantitative estimate of drug-likeness (QED) is 0.691. The van der Waals surface area contributed by atoms with Crippen LogP contribution in [0.15, 0.2) is 47.4 Å². The van der Waals surface area contributed by atoms with Gasteiger partial charge < -0.3 is 15.3 Å². The summed E-state index contributed by atoms with van der Waals surface area (Å²) in [5.41, 5.74) is 3.01. The topological polar surface area (TPSA) is 86.9 Å². The number of para-hydroxylation sites is 1. The van der Waals surface area contributed by atoms with Gasteiger partial charge in [-0.2, -0.15) is 0 Å². The average Bonchev–Trinajstić information content (AvgIpc) is 3.23.